The highest BCUT2D eigenvalue weighted by atomic mass is 16.5. The summed E-state index contributed by atoms with van der Waals surface area (Å²) in [5.74, 6) is -1.13. The summed E-state index contributed by atoms with van der Waals surface area (Å²) in [4.78, 5) is 46.6. The Kier molecular flexibility index (Phi) is 7.16. The van der Waals surface area contributed by atoms with Gasteiger partial charge in [-0.1, -0.05) is 13.3 Å². The molecule has 0 aliphatic heterocycles. The smallest absolute Gasteiger partial charge is 0.331 e. The molecule has 0 aliphatic carbocycles. The van der Waals surface area contributed by atoms with Crippen molar-refractivity contribution in [2.24, 2.45) is 14.1 Å². The van der Waals surface area contributed by atoms with Crippen LogP contribution in [0, 0.1) is 0 Å². The first kappa shape index (κ1) is 19.4. The molecule has 1 amide bonds. The molecule has 1 aromatic heterocycles. The van der Waals surface area contributed by atoms with Gasteiger partial charge in [0.1, 0.15) is 0 Å². The minimum atomic E-state index is -0.746. The van der Waals surface area contributed by atoms with Crippen molar-refractivity contribution in [3.63, 3.8) is 0 Å². The third kappa shape index (κ3) is 5.53. The van der Waals surface area contributed by atoms with Crippen LogP contribution in [0.3, 0.4) is 0 Å². The Morgan fingerprint density at radius 2 is 2.00 bits per heavy atom. The van der Waals surface area contributed by atoms with E-state index in [-0.39, 0.29) is 24.1 Å². The van der Waals surface area contributed by atoms with E-state index in [2.05, 4.69) is 5.32 Å². The molecule has 8 heteroatoms. The second-order valence-electron chi connectivity index (χ2n) is 5.54. The van der Waals surface area contributed by atoms with Gasteiger partial charge in [0.2, 0.25) is 0 Å². The maximum absolute atomic E-state index is 11.9. The number of carbonyl (C=O) groups excluding carboxylic acids is 2. The quantitative estimate of drug-likeness (QED) is 0.555. The van der Waals surface area contributed by atoms with Crippen LogP contribution in [0.4, 0.5) is 0 Å². The van der Waals surface area contributed by atoms with Crippen molar-refractivity contribution in [1.82, 2.24) is 14.5 Å². The van der Waals surface area contributed by atoms with Crippen molar-refractivity contribution in [1.29, 1.82) is 0 Å². The number of carbonyl (C=O) groups is 2. The molecule has 0 spiro atoms. The summed E-state index contributed by atoms with van der Waals surface area (Å²) in [6, 6.07) is 0.0189. The average Bonchev–Trinajstić information content (AvgIpc) is 2.53. The lowest BCUT2D eigenvalue weighted by molar-refractivity contribution is -0.144. The fourth-order valence-electron chi connectivity index (χ4n) is 2.11. The number of hydrogen-bond acceptors (Lipinski definition) is 5. The van der Waals surface area contributed by atoms with Crippen molar-refractivity contribution in [2.75, 3.05) is 6.61 Å². The van der Waals surface area contributed by atoms with E-state index in [0.717, 1.165) is 23.5 Å². The molecule has 0 saturated heterocycles. The third-order valence-electron chi connectivity index (χ3n) is 3.35. The lowest BCUT2D eigenvalue weighted by Crippen LogP contribution is -2.37. The van der Waals surface area contributed by atoms with Crippen LogP contribution in [0.1, 0.15) is 32.3 Å². The number of ether oxygens (including phenoxy) is 1. The molecule has 1 unspecified atom stereocenters. The van der Waals surface area contributed by atoms with Gasteiger partial charge in [0.15, 0.2) is 6.61 Å². The maximum atomic E-state index is 11.9. The monoisotopic (exact) mass is 337 g/mol. The van der Waals surface area contributed by atoms with Gasteiger partial charge >= 0.3 is 11.7 Å². The molecule has 132 valence electrons. The Hall–Kier alpha value is -2.64. The molecule has 1 atom stereocenters. The topological polar surface area (TPSA) is 99.4 Å². The Bertz CT molecular complexity index is 745. The van der Waals surface area contributed by atoms with E-state index < -0.39 is 17.2 Å². The molecule has 0 bridgehead atoms. The zero-order valence-electron chi connectivity index (χ0n) is 14.4. The van der Waals surface area contributed by atoms with Gasteiger partial charge in [0.05, 0.1) is 5.56 Å². The number of aromatic nitrogens is 2. The van der Waals surface area contributed by atoms with Crippen molar-refractivity contribution in [2.45, 2.75) is 32.7 Å². The summed E-state index contributed by atoms with van der Waals surface area (Å²) in [6.45, 7) is 3.50. The van der Waals surface area contributed by atoms with Crippen molar-refractivity contribution < 1.29 is 14.3 Å². The predicted octanol–water partition coefficient (Wildman–Crippen LogP) is -0.0548. The fourth-order valence-corrected chi connectivity index (χ4v) is 2.11. The second-order valence-corrected chi connectivity index (χ2v) is 5.54. The first-order valence-electron chi connectivity index (χ1n) is 7.67. The summed E-state index contributed by atoms with van der Waals surface area (Å²) in [7, 11) is 2.85. The van der Waals surface area contributed by atoms with Crippen LogP contribution in [0.25, 0.3) is 6.08 Å². The van der Waals surface area contributed by atoms with Crippen molar-refractivity contribution >= 4 is 18.0 Å². The number of esters is 1. The molecule has 1 heterocycles. The molecule has 1 aromatic rings. The highest BCUT2D eigenvalue weighted by molar-refractivity contribution is 5.89. The van der Waals surface area contributed by atoms with Crippen LogP contribution in [0.5, 0.6) is 0 Å². The van der Waals surface area contributed by atoms with E-state index in [1.54, 1.807) is 0 Å². The highest BCUT2D eigenvalue weighted by Gasteiger charge is 2.09. The molecule has 0 aromatic carbocycles. The van der Waals surface area contributed by atoms with Gasteiger partial charge < -0.3 is 14.6 Å². The summed E-state index contributed by atoms with van der Waals surface area (Å²) in [5, 5.41) is 2.71. The van der Waals surface area contributed by atoms with E-state index >= 15 is 0 Å². The van der Waals surface area contributed by atoms with Crippen LogP contribution >= 0.6 is 0 Å². The maximum Gasteiger partial charge on any atom is 0.331 e. The van der Waals surface area contributed by atoms with Gasteiger partial charge in [0, 0.05) is 32.4 Å². The summed E-state index contributed by atoms with van der Waals surface area (Å²) >= 11 is 0. The zero-order valence-corrected chi connectivity index (χ0v) is 14.4. The Balaban J connectivity index is 2.63. The number of aryl methyl sites for hydroxylation is 1. The van der Waals surface area contributed by atoms with Crippen LogP contribution in [0.2, 0.25) is 0 Å². The molecule has 24 heavy (non-hydrogen) atoms. The predicted molar refractivity (Wildman–Crippen MR) is 89.4 cm³/mol. The summed E-state index contributed by atoms with van der Waals surface area (Å²) < 4.78 is 6.98. The van der Waals surface area contributed by atoms with E-state index in [0.29, 0.717) is 0 Å². The number of hydrogen-bond donors (Lipinski definition) is 1. The number of rotatable bonds is 7. The van der Waals surface area contributed by atoms with Crippen LogP contribution in [0.15, 0.2) is 21.9 Å². The second kappa shape index (κ2) is 8.85. The Morgan fingerprint density at radius 3 is 2.62 bits per heavy atom. The standard InChI is InChI=1S/C16H23N3O5/c1-5-6-11(2)17-13(20)10-24-14(21)8-7-12-9-18(3)16(23)19(4)15(12)22/h7-9,11H,5-6,10H2,1-4H3,(H,17,20)/b8-7+. The minimum Gasteiger partial charge on any atom is -0.452 e. The average molecular weight is 337 g/mol. The van der Waals surface area contributed by atoms with E-state index in [1.807, 2.05) is 13.8 Å². The van der Waals surface area contributed by atoms with Gasteiger partial charge in [-0.15, -0.1) is 0 Å². The molecular formula is C16H23N3O5. The van der Waals surface area contributed by atoms with Gasteiger partial charge in [-0.3, -0.25) is 14.2 Å². The van der Waals surface area contributed by atoms with E-state index in [9.17, 15) is 19.2 Å². The largest absolute Gasteiger partial charge is 0.452 e. The molecule has 0 saturated carbocycles. The molecule has 8 nitrogen and oxygen atoms in total. The number of amides is 1. The first-order chi connectivity index (χ1) is 11.3. The normalized spacial score (nSPS) is 12.2. The molecule has 0 fully saturated rings. The van der Waals surface area contributed by atoms with E-state index in [1.165, 1.54) is 30.9 Å². The van der Waals surface area contributed by atoms with Crippen molar-refractivity contribution in [3.8, 4) is 0 Å². The number of nitrogens with one attached hydrogen (secondary N) is 1. The van der Waals surface area contributed by atoms with Crippen molar-refractivity contribution in [3.05, 3.63) is 38.7 Å². The minimum absolute atomic E-state index is 0.0189. The van der Waals surface area contributed by atoms with Crippen LogP contribution in [-0.4, -0.2) is 33.7 Å². The molecule has 1 rings (SSSR count). The Morgan fingerprint density at radius 1 is 1.33 bits per heavy atom. The third-order valence-corrected chi connectivity index (χ3v) is 3.35. The molecular weight excluding hydrogens is 314 g/mol. The molecule has 0 aliphatic rings. The van der Waals surface area contributed by atoms with E-state index in [4.69, 9.17) is 4.74 Å². The molecule has 1 N–H and O–H groups in total. The fraction of sp³-hybridized carbons (Fsp3) is 0.500. The van der Waals surface area contributed by atoms with Gasteiger partial charge in [-0.25, -0.2) is 9.59 Å². The Labute approximate surface area is 139 Å². The van der Waals surface area contributed by atoms with Gasteiger partial charge in [0.25, 0.3) is 11.5 Å². The summed E-state index contributed by atoms with van der Waals surface area (Å²) in [5.41, 5.74) is -0.816. The SMILES string of the molecule is CCCC(C)NC(=O)COC(=O)/C=C/c1cn(C)c(=O)n(C)c1=O. The first-order valence-corrected chi connectivity index (χ1v) is 7.67. The van der Waals surface area contributed by atoms with Crippen LogP contribution in [-0.2, 0) is 28.4 Å². The summed E-state index contributed by atoms with van der Waals surface area (Å²) in [6.07, 6.45) is 5.41. The number of nitrogens with zero attached hydrogens (tertiary/aromatic N) is 2. The lowest BCUT2D eigenvalue weighted by atomic mass is 10.2. The highest BCUT2D eigenvalue weighted by Crippen LogP contribution is 1.96. The van der Waals surface area contributed by atoms with Gasteiger partial charge in [-0.05, 0) is 19.4 Å². The molecule has 0 radical (unpaired) electrons. The lowest BCUT2D eigenvalue weighted by Gasteiger charge is -2.12. The van der Waals surface area contributed by atoms with Gasteiger partial charge in [-0.2, -0.15) is 0 Å². The zero-order chi connectivity index (χ0) is 18.3. The van der Waals surface area contributed by atoms with Crippen LogP contribution < -0.4 is 16.6 Å².